The Kier molecular flexibility index (Phi) is 6.28. The average Bonchev–Trinajstić information content (AvgIpc) is 2.68. The average molecular weight is 352 g/mol. The van der Waals surface area contributed by atoms with E-state index in [-0.39, 0.29) is 0 Å². The maximum atomic E-state index is 11.8. The number of nitriles is 1. The van der Waals surface area contributed by atoms with Crippen LogP contribution in [-0.2, 0) is 9.59 Å². The molecule has 0 fully saturated rings. The number of methoxy groups -OCH3 is 2. The molecule has 0 saturated carbocycles. The number of anilines is 1. The van der Waals surface area contributed by atoms with E-state index in [2.05, 4.69) is 15.8 Å². The predicted octanol–water partition coefficient (Wildman–Crippen LogP) is 1.66. The maximum Gasteiger partial charge on any atom is 0.329 e. The summed E-state index contributed by atoms with van der Waals surface area (Å²) >= 11 is 0. The molecule has 2 rings (SSSR count). The molecule has 8 heteroatoms. The van der Waals surface area contributed by atoms with Crippen LogP contribution in [0.3, 0.4) is 0 Å². The molecule has 0 radical (unpaired) electrons. The monoisotopic (exact) mass is 352 g/mol. The second-order valence-electron chi connectivity index (χ2n) is 4.95. The first-order valence-corrected chi connectivity index (χ1v) is 7.44. The van der Waals surface area contributed by atoms with Crippen LogP contribution in [0.1, 0.15) is 11.1 Å². The first-order chi connectivity index (χ1) is 12.6. The number of nitrogens with zero attached hydrogens (tertiary/aromatic N) is 2. The Morgan fingerprint density at radius 2 is 1.81 bits per heavy atom. The maximum absolute atomic E-state index is 11.8. The minimum atomic E-state index is -0.938. The van der Waals surface area contributed by atoms with Crippen molar-refractivity contribution in [1.82, 2.24) is 5.43 Å². The number of carbonyl (C=O) groups is 2. The quantitative estimate of drug-likeness (QED) is 0.483. The minimum Gasteiger partial charge on any atom is -0.497 e. The summed E-state index contributed by atoms with van der Waals surface area (Å²) in [6.07, 6.45) is 1.34. The lowest BCUT2D eigenvalue weighted by molar-refractivity contribution is -0.136. The first kappa shape index (κ1) is 18.5. The Balaban J connectivity index is 1.98. The van der Waals surface area contributed by atoms with Gasteiger partial charge in [-0.1, -0.05) is 0 Å². The zero-order valence-corrected chi connectivity index (χ0v) is 14.1. The number of carbonyl (C=O) groups excluding carboxylic acids is 2. The van der Waals surface area contributed by atoms with Crippen molar-refractivity contribution in [2.45, 2.75) is 0 Å². The fourth-order valence-electron chi connectivity index (χ4n) is 1.97. The Labute approximate surface area is 150 Å². The fraction of sp³-hybridized carbons (Fsp3) is 0.111. The van der Waals surface area contributed by atoms with Gasteiger partial charge in [0.2, 0.25) is 0 Å². The Morgan fingerprint density at radius 3 is 2.42 bits per heavy atom. The van der Waals surface area contributed by atoms with Gasteiger partial charge >= 0.3 is 11.8 Å². The number of hydrogen-bond acceptors (Lipinski definition) is 6. The fourth-order valence-corrected chi connectivity index (χ4v) is 1.97. The van der Waals surface area contributed by atoms with Crippen molar-refractivity contribution in [2.75, 3.05) is 19.5 Å². The minimum absolute atomic E-state index is 0.391. The number of rotatable bonds is 5. The lowest BCUT2D eigenvalue weighted by Gasteiger charge is -2.07. The van der Waals surface area contributed by atoms with Crippen LogP contribution < -0.4 is 20.2 Å². The van der Waals surface area contributed by atoms with Gasteiger partial charge in [-0.05, 0) is 42.5 Å². The molecule has 0 heterocycles. The SMILES string of the molecule is COc1ccc(OC)c(/C=N/NC(=O)C(=O)Nc2ccc(C#N)cc2)c1. The summed E-state index contributed by atoms with van der Waals surface area (Å²) in [4.78, 5) is 23.6. The van der Waals surface area contributed by atoms with Gasteiger partial charge in [0, 0.05) is 11.3 Å². The van der Waals surface area contributed by atoms with Gasteiger partial charge in [0.05, 0.1) is 32.1 Å². The third-order valence-electron chi connectivity index (χ3n) is 3.28. The van der Waals surface area contributed by atoms with E-state index in [0.29, 0.717) is 28.3 Å². The van der Waals surface area contributed by atoms with Crippen LogP contribution in [0.4, 0.5) is 5.69 Å². The molecule has 0 aromatic heterocycles. The van der Waals surface area contributed by atoms with Crippen molar-refractivity contribution in [2.24, 2.45) is 5.10 Å². The van der Waals surface area contributed by atoms with E-state index in [1.165, 1.54) is 44.7 Å². The zero-order valence-electron chi connectivity index (χ0n) is 14.1. The van der Waals surface area contributed by atoms with Crippen molar-refractivity contribution in [3.05, 3.63) is 53.6 Å². The van der Waals surface area contributed by atoms with Gasteiger partial charge in [-0.15, -0.1) is 0 Å². The van der Waals surface area contributed by atoms with E-state index < -0.39 is 11.8 Å². The molecular formula is C18H16N4O4. The van der Waals surface area contributed by atoms with Gasteiger partial charge in [-0.2, -0.15) is 10.4 Å². The first-order valence-electron chi connectivity index (χ1n) is 7.44. The normalized spacial score (nSPS) is 10.0. The van der Waals surface area contributed by atoms with E-state index in [4.69, 9.17) is 14.7 Å². The number of amides is 2. The van der Waals surface area contributed by atoms with Gasteiger partial charge in [-0.3, -0.25) is 9.59 Å². The number of hydrogen-bond donors (Lipinski definition) is 2. The highest BCUT2D eigenvalue weighted by Crippen LogP contribution is 2.22. The van der Waals surface area contributed by atoms with Crippen LogP contribution in [0.15, 0.2) is 47.6 Å². The molecule has 0 unspecified atom stereocenters. The molecule has 0 saturated heterocycles. The Morgan fingerprint density at radius 1 is 1.08 bits per heavy atom. The van der Waals surface area contributed by atoms with Gasteiger partial charge in [-0.25, -0.2) is 5.43 Å². The molecule has 0 spiro atoms. The van der Waals surface area contributed by atoms with Crippen LogP contribution in [0, 0.1) is 11.3 Å². The molecule has 0 atom stereocenters. The van der Waals surface area contributed by atoms with Crippen LogP contribution in [-0.4, -0.2) is 32.2 Å². The molecule has 8 nitrogen and oxygen atoms in total. The molecule has 0 aliphatic heterocycles. The van der Waals surface area contributed by atoms with E-state index in [9.17, 15) is 9.59 Å². The lowest BCUT2D eigenvalue weighted by atomic mass is 10.2. The molecular weight excluding hydrogens is 336 g/mol. The summed E-state index contributed by atoms with van der Waals surface area (Å²) in [6, 6.07) is 13.1. The largest absolute Gasteiger partial charge is 0.497 e. The molecule has 132 valence electrons. The molecule has 0 aliphatic rings. The predicted molar refractivity (Wildman–Crippen MR) is 95.1 cm³/mol. The molecule has 2 aromatic carbocycles. The summed E-state index contributed by atoms with van der Waals surface area (Å²) in [6.45, 7) is 0. The van der Waals surface area contributed by atoms with Gasteiger partial charge in [0.1, 0.15) is 11.5 Å². The molecule has 2 N–H and O–H groups in total. The molecule has 0 aliphatic carbocycles. The third kappa shape index (κ3) is 4.82. The molecule has 2 amide bonds. The van der Waals surface area contributed by atoms with Crippen molar-refractivity contribution in [3.63, 3.8) is 0 Å². The smallest absolute Gasteiger partial charge is 0.329 e. The molecule has 26 heavy (non-hydrogen) atoms. The van der Waals surface area contributed by atoms with Crippen LogP contribution in [0.25, 0.3) is 0 Å². The summed E-state index contributed by atoms with van der Waals surface area (Å²) in [5, 5.41) is 14.9. The summed E-state index contributed by atoms with van der Waals surface area (Å²) in [7, 11) is 3.03. The molecule has 2 aromatic rings. The van der Waals surface area contributed by atoms with E-state index >= 15 is 0 Å². The number of hydrazone groups is 1. The standard InChI is InChI=1S/C18H16N4O4/c1-25-15-7-8-16(26-2)13(9-15)11-20-22-18(24)17(23)21-14-5-3-12(10-19)4-6-14/h3-9,11H,1-2H3,(H,21,23)(H,22,24)/b20-11+. The summed E-state index contributed by atoms with van der Waals surface area (Å²) in [5.41, 5.74) is 3.54. The third-order valence-corrected chi connectivity index (χ3v) is 3.28. The lowest BCUT2D eigenvalue weighted by Crippen LogP contribution is -2.32. The van der Waals surface area contributed by atoms with Crippen molar-refractivity contribution < 1.29 is 19.1 Å². The highest BCUT2D eigenvalue weighted by Gasteiger charge is 2.13. The summed E-state index contributed by atoms with van der Waals surface area (Å²) in [5.74, 6) is -0.695. The topological polar surface area (TPSA) is 113 Å². The van der Waals surface area contributed by atoms with E-state index in [1.54, 1.807) is 18.2 Å². The van der Waals surface area contributed by atoms with Crippen LogP contribution in [0.5, 0.6) is 11.5 Å². The van der Waals surface area contributed by atoms with Crippen molar-refractivity contribution in [3.8, 4) is 17.6 Å². The van der Waals surface area contributed by atoms with E-state index in [0.717, 1.165) is 0 Å². The van der Waals surface area contributed by atoms with E-state index in [1.807, 2.05) is 6.07 Å². The second-order valence-corrected chi connectivity index (χ2v) is 4.95. The Bertz CT molecular complexity index is 870. The van der Waals surface area contributed by atoms with Crippen LogP contribution in [0.2, 0.25) is 0 Å². The van der Waals surface area contributed by atoms with Crippen molar-refractivity contribution >= 4 is 23.7 Å². The number of benzene rings is 2. The van der Waals surface area contributed by atoms with Crippen molar-refractivity contribution in [1.29, 1.82) is 5.26 Å². The number of nitrogens with one attached hydrogen (secondary N) is 2. The van der Waals surface area contributed by atoms with Crippen LogP contribution >= 0.6 is 0 Å². The van der Waals surface area contributed by atoms with Gasteiger partial charge in [0.25, 0.3) is 0 Å². The highest BCUT2D eigenvalue weighted by molar-refractivity contribution is 6.39. The zero-order chi connectivity index (χ0) is 18.9. The second kappa shape index (κ2) is 8.84. The molecule has 0 bridgehead atoms. The van der Waals surface area contributed by atoms with Gasteiger partial charge in [0.15, 0.2) is 0 Å². The van der Waals surface area contributed by atoms with Gasteiger partial charge < -0.3 is 14.8 Å². The Hall–Kier alpha value is -3.86. The summed E-state index contributed by atoms with van der Waals surface area (Å²) < 4.78 is 10.3. The highest BCUT2D eigenvalue weighted by atomic mass is 16.5. The number of ether oxygens (including phenoxy) is 2.